The topological polar surface area (TPSA) is 48.5 Å². The van der Waals surface area contributed by atoms with E-state index < -0.39 is 0 Å². The standard InChI is InChI=1S/C46H25N3O2/c1-47-30-19-20-32-35-25-28(18-22-37(35)49(38(32)26-30)31-12-3-2-4-13-31)27-10-9-11-29(24-27)45-43-34-15-6-8-17-40(34)51-46(43)44-36(48-45)21-23-41-42(44)33-14-5-7-16-39(33)50-41/h2-26H. The Kier molecular flexibility index (Phi) is 5.67. The molecule has 5 nitrogen and oxygen atoms in total. The van der Waals surface area contributed by atoms with Crippen LogP contribution in [0.15, 0.2) is 160 Å². The Morgan fingerprint density at radius 2 is 1.24 bits per heavy atom. The van der Waals surface area contributed by atoms with Crippen molar-refractivity contribution in [2.75, 3.05) is 0 Å². The average molecular weight is 652 g/mol. The quantitative estimate of drug-likeness (QED) is 0.179. The van der Waals surface area contributed by atoms with Gasteiger partial charge in [0.15, 0.2) is 5.69 Å². The Balaban J connectivity index is 1.15. The highest BCUT2D eigenvalue weighted by molar-refractivity contribution is 6.29. The molecule has 0 N–H and O–H groups in total. The monoisotopic (exact) mass is 651 g/mol. The molecule has 0 radical (unpaired) electrons. The lowest BCUT2D eigenvalue weighted by molar-refractivity contribution is 0.667. The highest BCUT2D eigenvalue weighted by Crippen LogP contribution is 2.45. The van der Waals surface area contributed by atoms with E-state index in [9.17, 15) is 0 Å². The molecule has 0 unspecified atom stereocenters. The summed E-state index contributed by atoms with van der Waals surface area (Å²) in [6, 6.07) is 52.0. The fourth-order valence-corrected chi connectivity index (χ4v) is 7.93. The van der Waals surface area contributed by atoms with Crippen LogP contribution in [0.3, 0.4) is 0 Å². The summed E-state index contributed by atoms with van der Waals surface area (Å²) in [4.78, 5) is 9.11. The zero-order valence-corrected chi connectivity index (χ0v) is 27.1. The summed E-state index contributed by atoms with van der Waals surface area (Å²) < 4.78 is 15.2. The number of furan rings is 2. The molecule has 11 rings (SSSR count). The minimum absolute atomic E-state index is 0.623. The van der Waals surface area contributed by atoms with Crippen LogP contribution in [-0.4, -0.2) is 9.55 Å². The van der Waals surface area contributed by atoms with Crippen molar-refractivity contribution in [3.63, 3.8) is 0 Å². The zero-order valence-electron chi connectivity index (χ0n) is 27.1. The molecule has 4 aromatic heterocycles. The number of benzene rings is 7. The van der Waals surface area contributed by atoms with Gasteiger partial charge in [-0.05, 0) is 71.8 Å². The summed E-state index contributed by atoms with van der Waals surface area (Å²) in [6.45, 7) is 7.66. The van der Waals surface area contributed by atoms with E-state index in [1.54, 1.807) is 0 Å². The normalized spacial score (nSPS) is 11.9. The first-order valence-electron chi connectivity index (χ1n) is 16.9. The number of hydrogen-bond donors (Lipinski definition) is 0. The second-order valence-electron chi connectivity index (χ2n) is 13.0. The molecule has 7 aromatic carbocycles. The number of rotatable bonds is 3. The minimum Gasteiger partial charge on any atom is -0.456 e. The summed E-state index contributed by atoms with van der Waals surface area (Å²) in [5.41, 5.74) is 12.0. The van der Waals surface area contributed by atoms with Crippen molar-refractivity contribution >= 4 is 82.3 Å². The van der Waals surface area contributed by atoms with Crippen LogP contribution in [0, 0.1) is 6.57 Å². The van der Waals surface area contributed by atoms with Gasteiger partial charge in [-0.1, -0.05) is 91.0 Å². The van der Waals surface area contributed by atoms with Crippen LogP contribution in [0.5, 0.6) is 0 Å². The van der Waals surface area contributed by atoms with Gasteiger partial charge in [0.05, 0.1) is 34.1 Å². The minimum atomic E-state index is 0.623. The number of fused-ring (bicyclic) bond motifs is 12. The van der Waals surface area contributed by atoms with Crippen LogP contribution in [0.4, 0.5) is 5.69 Å². The van der Waals surface area contributed by atoms with Crippen LogP contribution in [0.25, 0.3) is 110 Å². The van der Waals surface area contributed by atoms with E-state index in [4.69, 9.17) is 20.4 Å². The van der Waals surface area contributed by atoms with E-state index in [0.29, 0.717) is 5.69 Å². The van der Waals surface area contributed by atoms with Gasteiger partial charge in [0, 0.05) is 43.7 Å². The third-order valence-corrected chi connectivity index (χ3v) is 10.2. The second kappa shape index (κ2) is 10.4. The largest absolute Gasteiger partial charge is 0.456 e. The van der Waals surface area contributed by atoms with E-state index in [2.05, 4.69) is 88.3 Å². The fourth-order valence-electron chi connectivity index (χ4n) is 7.93. The maximum absolute atomic E-state index is 7.66. The Morgan fingerprint density at radius 3 is 2.08 bits per heavy atom. The summed E-state index contributed by atoms with van der Waals surface area (Å²) in [6.07, 6.45) is 0. The number of nitrogens with zero attached hydrogens (tertiary/aromatic N) is 3. The third kappa shape index (κ3) is 3.99. The lowest BCUT2D eigenvalue weighted by Crippen LogP contribution is -1.93. The van der Waals surface area contributed by atoms with Gasteiger partial charge in [-0.15, -0.1) is 0 Å². The molecule has 0 fully saturated rings. The molecule has 0 saturated carbocycles. The number of pyridine rings is 1. The molecule has 5 heteroatoms. The molecule has 236 valence electrons. The maximum atomic E-state index is 7.66. The lowest BCUT2D eigenvalue weighted by atomic mass is 9.96. The molecule has 0 bridgehead atoms. The highest BCUT2D eigenvalue weighted by atomic mass is 16.3. The van der Waals surface area contributed by atoms with Crippen LogP contribution in [0.2, 0.25) is 0 Å². The molecule has 4 heterocycles. The van der Waals surface area contributed by atoms with Gasteiger partial charge in [-0.25, -0.2) is 9.83 Å². The van der Waals surface area contributed by atoms with Gasteiger partial charge in [0.2, 0.25) is 0 Å². The van der Waals surface area contributed by atoms with Gasteiger partial charge >= 0.3 is 0 Å². The Bertz CT molecular complexity index is 3270. The highest BCUT2D eigenvalue weighted by Gasteiger charge is 2.22. The Hall–Kier alpha value is -7.16. The smallest absolute Gasteiger partial charge is 0.189 e. The van der Waals surface area contributed by atoms with Crippen molar-refractivity contribution < 1.29 is 8.83 Å². The van der Waals surface area contributed by atoms with Gasteiger partial charge in [0.25, 0.3) is 0 Å². The van der Waals surface area contributed by atoms with E-state index in [0.717, 1.165) is 105 Å². The van der Waals surface area contributed by atoms with Crippen LogP contribution in [-0.2, 0) is 0 Å². The first-order chi connectivity index (χ1) is 25.2. The number of hydrogen-bond acceptors (Lipinski definition) is 3. The van der Waals surface area contributed by atoms with E-state index in [1.807, 2.05) is 72.8 Å². The third-order valence-electron chi connectivity index (χ3n) is 10.2. The molecule has 0 saturated heterocycles. The first-order valence-corrected chi connectivity index (χ1v) is 16.9. The Labute approximate surface area is 291 Å². The van der Waals surface area contributed by atoms with Crippen molar-refractivity contribution in [2.45, 2.75) is 0 Å². The molecule has 0 spiro atoms. The van der Waals surface area contributed by atoms with Crippen LogP contribution >= 0.6 is 0 Å². The Morgan fingerprint density at radius 1 is 0.490 bits per heavy atom. The molecule has 11 aromatic rings. The average Bonchev–Trinajstić information content (AvgIpc) is 3.87. The second-order valence-corrected chi connectivity index (χ2v) is 13.0. The molecular weight excluding hydrogens is 627 g/mol. The van der Waals surface area contributed by atoms with Gasteiger partial charge in [-0.2, -0.15) is 0 Å². The molecule has 0 atom stereocenters. The maximum Gasteiger partial charge on any atom is 0.189 e. The predicted molar refractivity (Wildman–Crippen MR) is 208 cm³/mol. The molecule has 0 amide bonds. The summed E-state index contributed by atoms with van der Waals surface area (Å²) in [5, 5.41) is 7.30. The fraction of sp³-hybridized carbons (Fsp3) is 0. The van der Waals surface area contributed by atoms with Crippen molar-refractivity contribution in [3.8, 4) is 28.1 Å². The summed E-state index contributed by atoms with van der Waals surface area (Å²) in [5.74, 6) is 0. The van der Waals surface area contributed by atoms with E-state index >= 15 is 0 Å². The first kappa shape index (κ1) is 27.8. The van der Waals surface area contributed by atoms with Crippen LogP contribution < -0.4 is 0 Å². The summed E-state index contributed by atoms with van der Waals surface area (Å²) >= 11 is 0. The predicted octanol–water partition coefficient (Wildman–Crippen LogP) is 13.0. The van der Waals surface area contributed by atoms with E-state index in [-0.39, 0.29) is 0 Å². The molecule has 51 heavy (non-hydrogen) atoms. The molecule has 0 aliphatic rings. The SMILES string of the molecule is [C-]#[N+]c1ccc2c3cc(-c4cccc(-c5nc6ccc7oc8ccccc8c7c6c6oc7ccccc7c56)c4)ccc3n(-c3ccccc3)c2c1. The van der Waals surface area contributed by atoms with Crippen molar-refractivity contribution in [1.29, 1.82) is 0 Å². The van der Waals surface area contributed by atoms with Gasteiger partial charge in [-0.3, -0.25) is 0 Å². The zero-order chi connectivity index (χ0) is 33.6. The summed E-state index contributed by atoms with van der Waals surface area (Å²) in [7, 11) is 0. The van der Waals surface area contributed by atoms with Crippen molar-refractivity contribution in [1.82, 2.24) is 9.55 Å². The lowest BCUT2D eigenvalue weighted by Gasteiger charge is -2.10. The van der Waals surface area contributed by atoms with E-state index in [1.165, 1.54) is 0 Å². The number of aromatic nitrogens is 2. The molecule has 0 aliphatic carbocycles. The van der Waals surface area contributed by atoms with Crippen molar-refractivity contribution in [3.05, 3.63) is 163 Å². The number of para-hydroxylation sites is 3. The molecular formula is C46H25N3O2. The van der Waals surface area contributed by atoms with Gasteiger partial charge in [0.1, 0.15) is 22.3 Å². The van der Waals surface area contributed by atoms with Crippen molar-refractivity contribution in [2.24, 2.45) is 0 Å². The molecule has 0 aliphatic heterocycles. The van der Waals surface area contributed by atoms with Crippen LogP contribution in [0.1, 0.15) is 0 Å². The van der Waals surface area contributed by atoms with Gasteiger partial charge < -0.3 is 13.4 Å².